The molecule has 0 bridgehead atoms. The molecule has 5 heteroatoms. The first kappa shape index (κ1) is 18.2. The molecule has 24 heavy (non-hydrogen) atoms. The second-order valence-corrected chi connectivity index (χ2v) is 8.07. The van der Waals surface area contributed by atoms with Crippen LogP contribution in [0.25, 0.3) is 0 Å². The SMILES string of the molecule is O=C(O)CN1CCNCC1CCC1CCN(C2CCCCC2)CC1. The Morgan fingerprint density at radius 3 is 2.46 bits per heavy atom. The minimum absolute atomic E-state index is 0.201. The van der Waals surface area contributed by atoms with Crippen molar-refractivity contribution in [3.63, 3.8) is 0 Å². The smallest absolute Gasteiger partial charge is 0.317 e. The molecule has 5 nitrogen and oxygen atoms in total. The number of nitrogens with zero attached hydrogens (tertiary/aromatic N) is 2. The third-order valence-electron chi connectivity index (χ3n) is 6.46. The summed E-state index contributed by atoms with van der Waals surface area (Å²) in [5, 5.41) is 12.5. The predicted octanol–water partition coefficient (Wildman–Crippen LogP) is 2.17. The highest BCUT2D eigenvalue weighted by Gasteiger charge is 2.28. The first-order valence-electron chi connectivity index (χ1n) is 10.1. The maximum absolute atomic E-state index is 11.0. The third-order valence-corrected chi connectivity index (χ3v) is 6.46. The lowest BCUT2D eigenvalue weighted by atomic mass is 9.87. The van der Waals surface area contributed by atoms with Crippen LogP contribution in [0.2, 0.25) is 0 Å². The number of hydrogen-bond acceptors (Lipinski definition) is 4. The largest absolute Gasteiger partial charge is 0.480 e. The van der Waals surface area contributed by atoms with Crippen molar-refractivity contribution in [2.45, 2.75) is 69.9 Å². The van der Waals surface area contributed by atoms with Crippen molar-refractivity contribution in [3.8, 4) is 0 Å². The van der Waals surface area contributed by atoms with Crippen molar-refractivity contribution < 1.29 is 9.90 Å². The van der Waals surface area contributed by atoms with Crippen LogP contribution in [-0.2, 0) is 4.79 Å². The first-order chi connectivity index (χ1) is 11.7. The van der Waals surface area contributed by atoms with Gasteiger partial charge in [0.05, 0.1) is 6.54 Å². The normalized spacial score (nSPS) is 28.9. The molecule has 0 aromatic heterocycles. The van der Waals surface area contributed by atoms with Gasteiger partial charge in [-0.15, -0.1) is 0 Å². The van der Waals surface area contributed by atoms with Crippen LogP contribution in [0.15, 0.2) is 0 Å². The summed E-state index contributed by atoms with van der Waals surface area (Å²) < 4.78 is 0. The molecule has 2 N–H and O–H groups in total. The maximum Gasteiger partial charge on any atom is 0.317 e. The van der Waals surface area contributed by atoms with Crippen LogP contribution >= 0.6 is 0 Å². The van der Waals surface area contributed by atoms with Gasteiger partial charge in [-0.2, -0.15) is 0 Å². The number of carboxylic acids is 1. The van der Waals surface area contributed by atoms with Gasteiger partial charge in [-0.1, -0.05) is 19.3 Å². The topological polar surface area (TPSA) is 55.8 Å². The van der Waals surface area contributed by atoms with E-state index in [2.05, 4.69) is 15.1 Å². The highest BCUT2D eigenvalue weighted by Crippen LogP contribution is 2.29. The lowest BCUT2D eigenvalue weighted by Gasteiger charge is -2.40. The third kappa shape index (κ3) is 5.17. The Bertz CT molecular complexity index is 390. The van der Waals surface area contributed by atoms with Gasteiger partial charge in [0.25, 0.3) is 0 Å². The number of likely N-dealkylation sites (tertiary alicyclic amines) is 1. The molecule has 138 valence electrons. The van der Waals surface area contributed by atoms with Crippen molar-refractivity contribution >= 4 is 5.97 Å². The van der Waals surface area contributed by atoms with Gasteiger partial charge in [-0.3, -0.25) is 9.69 Å². The Hall–Kier alpha value is -0.650. The van der Waals surface area contributed by atoms with Gasteiger partial charge >= 0.3 is 5.97 Å². The molecule has 3 aliphatic rings. The van der Waals surface area contributed by atoms with Gasteiger partial charge < -0.3 is 15.3 Å². The summed E-state index contributed by atoms with van der Waals surface area (Å²) in [6.07, 6.45) is 12.2. The number of piperazine rings is 1. The number of carbonyl (C=O) groups is 1. The van der Waals surface area contributed by atoms with E-state index in [1.54, 1.807) is 0 Å². The van der Waals surface area contributed by atoms with Crippen LogP contribution in [0, 0.1) is 5.92 Å². The number of nitrogens with one attached hydrogen (secondary N) is 1. The molecule has 0 spiro atoms. The van der Waals surface area contributed by atoms with Crippen LogP contribution < -0.4 is 5.32 Å². The molecule has 2 aliphatic heterocycles. The van der Waals surface area contributed by atoms with Crippen molar-refractivity contribution in [1.29, 1.82) is 0 Å². The fourth-order valence-corrected chi connectivity index (χ4v) is 4.95. The lowest BCUT2D eigenvalue weighted by Crippen LogP contribution is -2.52. The Labute approximate surface area is 146 Å². The van der Waals surface area contributed by atoms with Crippen LogP contribution in [0.4, 0.5) is 0 Å². The monoisotopic (exact) mass is 337 g/mol. The average Bonchev–Trinajstić information content (AvgIpc) is 2.62. The number of aliphatic carboxylic acids is 1. The van der Waals surface area contributed by atoms with Gasteiger partial charge in [-0.05, 0) is 57.5 Å². The molecule has 3 fully saturated rings. The zero-order chi connectivity index (χ0) is 16.8. The number of hydrogen-bond donors (Lipinski definition) is 2. The molecule has 2 saturated heterocycles. The van der Waals surface area contributed by atoms with Gasteiger partial charge in [-0.25, -0.2) is 0 Å². The average molecular weight is 338 g/mol. The minimum atomic E-state index is -0.692. The van der Waals surface area contributed by atoms with Crippen LogP contribution in [0.3, 0.4) is 0 Å². The molecule has 0 aromatic rings. The minimum Gasteiger partial charge on any atom is -0.480 e. The zero-order valence-electron chi connectivity index (χ0n) is 15.1. The molecule has 1 saturated carbocycles. The van der Waals surface area contributed by atoms with E-state index in [1.807, 2.05) is 0 Å². The molecule has 0 radical (unpaired) electrons. The standard InChI is InChI=1S/C19H35N3O2/c23-19(24)15-22-13-10-20-14-18(22)7-6-16-8-11-21(12-9-16)17-4-2-1-3-5-17/h16-18,20H,1-15H2,(H,23,24). The molecule has 1 unspecified atom stereocenters. The van der Waals surface area contributed by atoms with Crippen LogP contribution in [0.5, 0.6) is 0 Å². The molecule has 2 heterocycles. The summed E-state index contributed by atoms with van der Waals surface area (Å²) in [4.78, 5) is 16.0. The summed E-state index contributed by atoms with van der Waals surface area (Å²) in [6.45, 7) is 5.52. The van der Waals surface area contributed by atoms with Gasteiger partial charge in [0.15, 0.2) is 0 Å². The Balaban J connectivity index is 1.38. The molecule has 1 atom stereocenters. The fraction of sp³-hybridized carbons (Fsp3) is 0.947. The van der Waals surface area contributed by atoms with Crippen LogP contribution in [0.1, 0.15) is 57.8 Å². The summed E-state index contributed by atoms with van der Waals surface area (Å²) in [7, 11) is 0. The molecular formula is C19H35N3O2. The highest BCUT2D eigenvalue weighted by molar-refractivity contribution is 5.69. The van der Waals surface area contributed by atoms with E-state index in [1.165, 1.54) is 64.5 Å². The van der Waals surface area contributed by atoms with E-state index in [0.717, 1.165) is 38.0 Å². The van der Waals surface area contributed by atoms with Crippen LogP contribution in [-0.4, -0.2) is 72.2 Å². The van der Waals surface area contributed by atoms with E-state index in [-0.39, 0.29) is 6.54 Å². The molecule has 0 amide bonds. The van der Waals surface area contributed by atoms with E-state index in [9.17, 15) is 4.79 Å². The number of rotatable bonds is 6. The molecule has 1 aliphatic carbocycles. The molecule has 0 aromatic carbocycles. The Morgan fingerprint density at radius 2 is 1.75 bits per heavy atom. The summed E-state index contributed by atoms with van der Waals surface area (Å²) >= 11 is 0. The van der Waals surface area contributed by atoms with E-state index in [0.29, 0.717) is 6.04 Å². The fourth-order valence-electron chi connectivity index (χ4n) is 4.95. The molecular weight excluding hydrogens is 302 g/mol. The van der Waals surface area contributed by atoms with Gasteiger partial charge in [0, 0.05) is 31.7 Å². The molecule has 3 rings (SSSR count). The quantitative estimate of drug-likeness (QED) is 0.778. The van der Waals surface area contributed by atoms with Gasteiger partial charge in [0.2, 0.25) is 0 Å². The van der Waals surface area contributed by atoms with Crippen molar-refractivity contribution in [2.24, 2.45) is 5.92 Å². The van der Waals surface area contributed by atoms with Gasteiger partial charge in [0.1, 0.15) is 0 Å². The summed E-state index contributed by atoms with van der Waals surface area (Å²) in [6, 6.07) is 1.28. The highest BCUT2D eigenvalue weighted by atomic mass is 16.4. The Morgan fingerprint density at radius 1 is 1.00 bits per heavy atom. The van der Waals surface area contributed by atoms with Crippen molar-refractivity contribution in [1.82, 2.24) is 15.1 Å². The Kier molecular flexibility index (Phi) is 6.93. The first-order valence-corrected chi connectivity index (χ1v) is 10.1. The van der Waals surface area contributed by atoms with Crippen molar-refractivity contribution in [2.75, 3.05) is 39.3 Å². The van der Waals surface area contributed by atoms with Crippen molar-refractivity contribution in [3.05, 3.63) is 0 Å². The zero-order valence-corrected chi connectivity index (χ0v) is 15.1. The van der Waals surface area contributed by atoms with E-state index >= 15 is 0 Å². The predicted molar refractivity (Wildman–Crippen MR) is 96.3 cm³/mol. The summed E-state index contributed by atoms with van der Waals surface area (Å²) in [5.74, 6) is 0.154. The number of carboxylic acid groups (broad SMARTS) is 1. The second kappa shape index (κ2) is 9.16. The van der Waals surface area contributed by atoms with E-state index in [4.69, 9.17) is 5.11 Å². The maximum atomic E-state index is 11.0. The summed E-state index contributed by atoms with van der Waals surface area (Å²) in [5.41, 5.74) is 0. The van der Waals surface area contributed by atoms with E-state index < -0.39 is 5.97 Å². The number of piperidine rings is 1. The second-order valence-electron chi connectivity index (χ2n) is 8.07. The lowest BCUT2D eigenvalue weighted by molar-refractivity contribution is -0.139.